The largest absolute Gasteiger partial charge is 0.480 e. The number of hydrogen-bond donors (Lipinski definition) is 1. The minimum atomic E-state index is -1.06. The summed E-state index contributed by atoms with van der Waals surface area (Å²) in [5, 5.41) is 8.84. The average Bonchev–Trinajstić information content (AvgIpc) is 2.40. The predicted molar refractivity (Wildman–Crippen MR) is 71.8 cm³/mol. The Hall–Kier alpha value is -1.82. The van der Waals surface area contributed by atoms with Crippen molar-refractivity contribution in [1.29, 1.82) is 0 Å². The third kappa shape index (κ3) is 2.78. The number of thioether (sulfide) groups is 1. The third-order valence-electron chi connectivity index (χ3n) is 2.84. The third-order valence-corrected chi connectivity index (χ3v) is 3.87. The smallest absolute Gasteiger partial charge is 0.323 e. The van der Waals surface area contributed by atoms with E-state index in [2.05, 4.69) is 0 Å². The number of amides is 1. The molecule has 0 aliphatic carbocycles. The van der Waals surface area contributed by atoms with Gasteiger partial charge in [-0.05, 0) is 18.2 Å². The lowest BCUT2D eigenvalue weighted by Crippen LogP contribution is -2.39. The number of benzene rings is 1. The highest BCUT2D eigenvalue weighted by atomic mass is 32.2. The summed E-state index contributed by atoms with van der Waals surface area (Å²) in [6.45, 7) is 1.43. The second kappa shape index (κ2) is 5.44. The van der Waals surface area contributed by atoms with E-state index in [-0.39, 0.29) is 24.0 Å². The second-order valence-corrected chi connectivity index (χ2v) is 5.14. The first kappa shape index (κ1) is 13.6. The van der Waals surface area contributed by atoms with Gasteiger partial charge in [-0.15, -0.1) is 11.8 Å². The number of hydrogen-bond acceptors (Lipinski definition) is 4. The van der Waals surface area contributed by atoms with Crippen LogP contribution in [-0.2, 0) is 9.59 Å². The summed E-state index contributed by atoms with van der Waals surface area (Å²) in [6, 6.07) is 5.01. The van der Waals surface area contributed by atoms with Gasteiger partial charge in [-0.1, -0.05) is 6.92 Å². The number of nitrogens with zero attached hydrogens (tertiary/aromatic N) is 1. The van der Waals surface area contributed by atoms with E-state index in [1.54, 1.807) is 25.1 Å². The first-order valence-electron chi connectivity index (χ1n) is 5.85. The molecule has 19 heavy (non-hydrogen) atoms. The number of fused-ring (bicyclic) bond motifs is 1. The standard InChI is InChI=1S/C13H13NO4S/c1-2-10(15)8-3-4-9-11(5-8)19-7-12(16)14(9)6-13(17)18/h3-5H,2,6-7H2,1H3,(H,17,18). The van der Waals surface area contributed by atoms with E-state index in [9.17, 15) is 14.4 Å². The normalized spacial score (nSPS) is 14.2. The number of ketones is 1. The Kier molecular flexibility index (Phi) is 3.90. The summed E-state index contributed by atoms with van der Waals surface area (Å²) in [7, 11) is 0. The van der Waals surface area contributed by atoms with Crippen molar-refractivity contribution in [1.82, 2.24) is 0 Å². The molecule has 1 aromatic carbocycles. The maximum Gasteiger partial charge on any atom is 0.323 e. The van der Waals surface area contributed by atoms with E-state index in [4.69, 9.17) is 5.11 Å². The summed E-state index contributed by atoms with van der Waals surface area (Å²) in [6.07, 6.45) is 0.418. The first-order chi connectivity index (χ1) is 9.02. The van der Waals surface area contributed by atoms with Crippen LogP contribution in [-0.4, -0.2) is 35.1 Å². The predicted octanol–water partition coefficient (Wildman–Crippen LogP) is 1.80. The van der Waals surface area contributed by atoms with Gasteiger partial charge >= 0.3 is 5.97 Å². The fourth-order valence-corrected chi connectivity index (χ4v) is 2.86. The number of aliphatic carboxylic acids is 1. The summed E-state index contributed by atoms with van der Waals surface area (Å²) in [4.78, 5) is 36.2. The summed E-state index contributed by atoms with van der Waals surface area (Å²) >= 11 is 1.33. The van der Waals surface area contributed by atoms with Crippen LogP contribution in [0.1, 0.15) is 23.7 Å². The fourth-order valence-electron chi connectivity index (χ4n) is 1.89. The molecule has 2 rings (SSSR count). The zero-order chi connectivity index (χ0) is 14.0. The number of carbonyl (C=O) groups is 3. The van der Waals surface area contributed by atoms with Gasteiger partial charge in [0, 0.05) is 16.9 Å². The van der Waals surface area contributed by atoms with Crippen LogP contribution in [0.2, 0.25) is 0 Å². The molecule has 0 atom stereocenters. The van der Waals surface area contributed by atoms with Gasteiger partial charge in [0.2, 0.25) is 5.91 Å². The summed E-state index contributed by atoms with van der Waals surface area (Å²) in [5.74, 6) is -1.05. The van der Waals surface area contributed by atoms with Gasteiger partial charge in [0.15, 0.2) is 5.78 Å². The van der Waals surface area contributed by atoms with E-state index >= 15 is 0 Å². The number of anilines is 1. The van der Waals surface area contributed by atoms with Gasteiger partial charge < -0.3 is 5.11 Å². The van der Waals surface area contributed by atoms with Crippen molar-refractivity contribution >= 4 is 35.1 Å². The van der Waals surface area contributed by atoms with Crippen LogP contribution in [0.15, 0.2) is 23.1 Å². The van der Waals surface area contributed by atoms with Crippen molar-refractivity contribution in [2.75, 3.05) is 17.2 Å². The molecule has 1 heterocycles. The van der Waals surface area contributed by atoms with Crippen molar-refractivity contribution < 1.29 is 19.5 Å². The van der Waals surface area contributed by atoms with Crippen LogP contribution < -0.4 is 4.90 Å². The molecule has 0 radical (unpaired) electrons. The van der Waals surface area contributed by atoms with E-state index in [0.29, 0.717) is 17.7 Å². The fraction of sp³-hybridized carbons (Fsp3) is 0.308. The zero-order valence-corrected chi connectivity index (χ0v) is 11.2. The highest BCUT2D eigenvalue weighted by molar-refractivity contribution is 8.00. The Bertz CT molecular complexity index is 556. The van der Waals surface area contributed by atoms with Crippen molar-refractivity contribution in [2.45, 2.75) is 18.2 Å². The highest BCUT2D eigenvalue weighted by Crippen LogP contribution is 2.36. The minimum Gasteiger partial charge on any atom is -0.480 e. The molecular weight excluding hydrogens is 266 g/mol. The minimum absolute atomic E-state index is 0.0325. The van der Waals surface area contributed by atoms with Gasteiger partial charge in [0.05, 0.1) is 11.4 Å². The molecule has 1 aliphatic rings. The van der Waals surface area contributed by atoms with Crippen LogP contribution in [0, 0.1) is 0 Å². The van der Waals surface area contributed by atoms with Gasteiger partial charge in [-0.3, -0.25) is 19.3 Å². The molecule has 0 aromatic heterocycles. The van der Waals surface area contributed by atoms with Crippen LogP contribution in [0.4, 0.5) is 5.69 Å². The van der Waals surface area contributed by atoms with E-state index in [1.165, 1.54) is 16.7 Å². The molecule has 6 heteroatoms. The molecule has 0 saturated heterocycles. The quantitative estimate of drug-likeness (QED) is 0.851. The maximum atomic E-state index is 11.7. The molecule has 100 valence electrons. The molecule has 0 unspecified atom stereocenters. The van der Waals surface area contributed by atoms with Crippen LogP contribution in [0.25, 0.3) is 0 Å². The zero-order valence-electron chi connectivity index (χ0n) is 10.4. The highest BCUT2D eigenvalue weighted by Gasteiger charge is 2.26. The van der Waals surface area contributed by atoms with Crippen LogP contribution in [0.5, 0.6) is 0 Å². The number of carboxylic acids is 1. The number of rotatable bonds is 4. The van der Waals surface area contributed by atoms with Crippen LogP contribution in [0.3, 0.4) is 0 Å². The van der Waals surface area contributed by atoms with E-state index in [1.807, 2.05) is 0 Å². The molecule has 0 bridgehead atoms. The monoisotopic (exact) mass is 279 g/mol. The topological polar surface area (TPSA) is 74.7 Å². The van der Waals surface area contributed by atoms with Gasteiger partial charge in [0.25, 0.3) is 0 Å². The number of carboxylic acid groups (broad SMARTS) is 1. The first-order valence-corrected chi connectivity index (χ1v) is 6.83. The lowest BCUT2D eigenvalue weighted by atomic mass is 10.1. The molecule has 1 aromatic rings. The molecule has 1 amide bonds. The number of Topliss-reactive ketones (excluding diaryl/α,β-unsaturated/α-hetero) is 1. The summed E-state index contributed by atoms with van der Waals surface area (Å²) < 4.78 is 0. The Morgan fingerprint density at radius 3 is 2.79 bits per heavy atom. The Balaban J connectivity index is 2.38. The molecule has 0 fully saturated rings. The SMILES string of the molecule is CCC(=O)c1ccc2c(c1)SCC(=O)N2CC(=O)O. The lowest BCUT2D eigenvalue weighted by molar-refractivity contribution is -0.136. The lowest BCUT2D eigenvalue weighted by Gasteiger charge is -2.27. The van der Waals surface area contributed by atoms with E-state index < -0.39 is 5.97 Å². The second-order valence-electron chi connectivity index (χ2n) is 4.12. The average molecular weight is 279 g/mol. The van der Waals surface area contributed by atoms with E-state index in [0.717, 1.165) is 4.90 Å². The molecule has 5 nitrogen and oxygen atoms in total. The van der Waals surface area contributed by atoms with Gasteiger partial charge in [0.1, 0.15) is 6.54 Å². The molecule has 0 spiro atoms. The van der Waals surface area contributed by atoms with Crippen molar-refractivity contribution in [3.63, 3.8) is 0 Å². The van der Waals surface area contributed by atoms with Crippen molar-refractivity contribution in [3.05, 3.63) is 23.8 Å². The summed E-state index contributed by atoms with van der Waals surface area (Å²) in [5.41, 5.74) is 1.16. The Labute approximate surface area is 114 Å². The van der Waals surface area contributed by atoms with Gasteiger partial charge in [-0.2, -0.15) is 0 Å². The molecular formula is C13H13NO4S. The van der Waals surface area contributed by atoms with Gasteiger partial charge in [-0.25, -0.2) is 0 Å². The molecule has 1 N–H and O–H groups in total. The maximum absolute atomic E-state index is 11.7. The van der Waals surface area contributed by atoms with Crippen LogP contribution >= 0.6 is 11.8 Å². The molecule has 0 saturated carbocycles. The molecule has 1 aliphatic heterocycles. The number of carbonyl (C=O) groups excluding carboxylic acids is 2. The Morgan fingerprint density at radius 2 is 2.16 bits per heavy atom. The Morgan fingerprint density at radius 1 is 1.42 bits per heavy atom. The van der Waals surface area contributed by atoms with Crippen molar-refractivity contribution in [3.8, 4) is 0 Å². The van der Waals surface area contributed by atoms with Crippen molar-refractivity contribution in [2.24, 2.45) is 0 Å².